The van der Waals surface area contributed by atoms with E-state index in [9.17, 15) is 22.0 Å². The number of hydrogen-bond acceptors (Lipinski definition) is 3. The molecule has 1 heterocycles. The highest BCUT2D eigenvalue weighted by molar-refractivity contribution is 7.89. The number of halogens is 2. The van der Waals surface area contributed by atoms with Crippen LogP contribution >= 0.6 is 0 Å². The van der Waals surface area contributed by atoms with Crippen LogP contribution in [0.25, 0.3) is 0 Å². The molecule has 33 heavy (non-hydrogen) atoms. The fourth-order valence-corrected chi connectivity index (χ4v) is 5.67. The summed E-state index contributed by atoms with van der Waals surface area (Å²) in [6.07, 6.45) is 0.239. The summed E-state index contributed by atoms with van der Waals surface area (Å²) in [6.45, 7) is 0.265. The molecule has 3 aromatic rings. The molecule has 1 amide bonds. The Hall–Kier alpha value is -3.10. The standard InChI is InChI=1S/C25H24F2N2O3S/c26-22-12-7-13-23(27)25(22)33(31,32)29-16-14-28(15-17-29)24(30)18-21(19-8-3-1-4-9-19)20-10-5-2-6-11-20/h1-13,21H,14-18H2. The molecule has 1 aliphatic rings. The second-order valence-corrected chi connectivity index (χ2v) is 9.79. The summed E-state index contributed by atoms with van der Waals surface area (Å²) in [6, 6.07) is 22.5. The van der Waals surface area contributed by atoms with Gasteiger partial charge in [0.1, 0.15) is 11.6 Å². The van der Waals surface area contributed by atoms with Gasteiger partial charge in [-0.05, 0) is 23.3 Å². The van der Waals surface area contributed by atoms with Crippen molar-refractivity contribution in [1.29, 1.82) is 0 Å². The number of sulfonamides is 1. The average Bonchev–Trinajstić information content (AvgIpc) is 2.83. The molecule has 0 spiro atoms. The zero-order valence-corrected chi connectivity index (χ0v) is 18.7. The van der Waals surface area contributed by atoms with E-state index in [0.717, 1.165) is 33.6 Å². The van der Waals surface area contributed by atoms with Crippen molar-refractivity contribution in [1.82, 2.24) is 9.21 Å². The minimum atomic E-state index is -4.34. The van der Waals surface area contributed by atoms with Crippen LogP contribution in [0.3, 0.4) is 0 Å². The number of amides is 1. The van der Waals surface area contributed by atoms with Crippen LogP contribution in [0.1, 0.15) is 23.5 Å². The molecule has 1 fully saturated rings. The largest absolute Gasteiger partial charge is 0.340 e. The molecule has 1 saturated heterocycles. The van der Waals surface area contributed by atoms with E-state index >= 15 is 0 Å². The van der Waals surface area contributed by atoms with Crippen LogP contribution in [0.5, 0.6) is 0 Å². The lowest BCUT2D eigenvalue weighted by molar-refractivity contribution is -0.132. The number of piperazine rings is 1. The van der Waals surface area contributed by atoms with Gasteiger partial charge in [0.05, 0.1) is 0 Å². The molecular weight excluding hydrogens is 446 g/mol. The second kappa shape index (κ2) is 9.80. The van der Waals surface area contributed by atoms with Gasteiger partial charge in [-0.2, -0.15) is 4.31 Å². The van der Waals surface area contributed by atoms with Crippen molar-refractivity contribution in [2.45, 2.75) is 17.2 Å². The van der Waals surface area contributed by atoms with E-state index in [0.29, 0.717) is 0 Å². The third-order valence-corrected chi connectivity index (χ3v) is 7.84. The van der Waals surface area contributed by atoms with E-state index in [1.165, 1.54) is 0 Å². The Morgan fingerprint density at radius 3 is 1.73 bits per heavy atom. The Morgan fingerprint density at radius 1 is 0.758 bits per heavy atom. The molecular formula is C25H24F2N2O3S. The Kier molecular flexibility index (Phi) is 6.85. The van der Waals surface area contributed by atoms with Crippen molar-refractivity contribution in [3.8, 4) is 0 Å². The minimum absolute atomic E-state index is 0.0246. The van der Waals surface area contributed by atoms with Gasteiger partial charge in [0.15, 0.2) is 4.90 Å². The van der Waals surface area contributed by atoms with Gasteiger partial charge in [0.25, 0.3) is 0 Å². The van der Waals surface area contributed by atoms with Gasteiger partial charge in [-0.15, -0.1) is 0 Å². The van der Waals surface area contributed by atoms with Gasteiger partial charge < -0.3 is 4.90 Å². The summed E-state index contributed by atoms with van der Waals surface area (Å²) in [4.78, 5) is 13.8. The molecule has 0 N–H and O–H groups in total. The van der Waals surface area contributed by atoms with Crippen molar-refractivity contribution in [3.63, 3.8) is 0 Å². The minimum Gasteiger partial charge on any atom is -0.340 e. The van der Waals surface area contributed by atoms with Gasteiger partial charge in [-0.1, -0.05) is 66.7 Å². The van der Waals surface area contributed by atoms with E-state index < -0.39 is 26.6 Å². The lowest BCUT2D eigenvalue weighted by Crippen LogP contribution is -2.50. The van der Waals surface area contributed by atoms with Crippen LogP contribution in [0.15, 0.2) is 83.8 Å². The van der Waals surface area contributed by atoms with Crippen LogP contribution in [0.4, 0.5) is 8.78 Å². The van der Waals surface area contributed by atoms with E-state index in [-0.39, 0.29) is 44.4 Å². The highest BCUT2D eigenvalue weighted by Crippen LogP contribution is 2.29. The molecule has 5 nitrogen and oxygen atoms in total. The second-order valence-electron chi connectivity index (χ2n) is 7.91. The lowest BCUT2D eigenvalue weighted by Gasteiger charge is -2.35. The molecule has 8 heteroatoms. The van der Waals surface area contributed by atoms with Gasteiger partial charge >= 0.3 is 0 Å². The Labute approximate surface area is 192 Å². The van der Waals surface area contributed by atoms with Crippen LogP contribution in [-0.4, -0.2) is 49.7 Å². The van der Waals surface area contributed by atoms with E-state index in [1.807, 2.05) is 60.7 Å². The van der Waals surface area contributed by atoms with Crippen molar-refractivity contribution in [3.05, 3.63) is 102 Å². The normalized spacial score (nSPS) is 15.1. The number of hydrogen-bond donors (Lipinski definition) is 0. The first-order chi connectivity index (χ1) is 15.9. The summed E-state index contributed by atoms with van der Waals surface area (Å²) in [5.41, 5.74) is 2.04. The maximum absolute atomic E-state index is 14.1. The first kappa shape index (κ1) is 23.1. The number of carbonyl (C=O) groups excluding carboxylic acids is 1. The number of carbonyl (C=O) groups is 1. The fourth-order valence-electron chi connectivity index (χ4n) is 4.14. The summed E-state index contributed by atoms with van der Waals surface area (Å²) >= 11 is 0. The van der Waals surface area contributed by atoms with Crippen LogP contribution < -0.4 is 0 Å². The van der Waals surface area contributed by atoms with Crippen molar-refractivity contribution < 1.29 is 22.0 Å². The first-order valence-corrected chi connectivity index (χ1v) is 12.1. The topological polar surface area (TPSA) is 57.7 Å². The highest BCUT2D eigenvalue weighted by atomic mass is 32.2. The third-order valence-electron chi connectivity index (χ3n) is 5.89. The maximum Gasteiger partial charge on any atom is 0.249 e. The zero-order valence-electron chi connectivity index (χ0n) is 17.9. The third kappa shape index (κ3) is 4.96. The SMILES string of the molecule is O=C(CC(c1ccccc1)c1ccccc1)N1CCN(S(=O)(=O)c2c(F)cccc2F)CC1. The summed E-state index contributed by atoms with van der Waals surface area (Å²) in [5.74, 6) is -2.47. The molecule has 0 unspecified atom stereocenters. The summed E-state index contributed by atoms with van der Waals surface area (Å²) < 4.78 is 54.7. The summed E-state index contributed by atoms with van der Waals surface area (Å²) in [7, 11) is -4.34. The first-order valence-electron chi connectivity index (χ1n) is 10.7. The van der Waals surface area contributed by atoms with Crippen LogP contribution in [0, 0.1) is 11.6 Å². The lowest BCUT2D eigenvalue weighted by atomic mass is 9.88. The van der Waals surface area contributed by atoms with E-state index in [1.54, 1.807) is 4.90 Å². The van der Waals surface area contributed by atoms with E-state index in [4.69, 9.17) is 0 Å². The Balaban J connectivity index is 1.47. The Bertz CT molecular complexity index is 1150. The molecule has 172 valence electrons. The maximum atomic E-state index is 14.1. The Morgan fingerprint density at radius 2 is 1.24 bits per heavy atom. The molecule has 0 atom stereocenters. The number of rotatable bonds is 6. The van der Waals surface area contributed by atoms with Crippen molar-refractivity contribution in [2.24, 2.45) is 0 Å². The van der Waals surface area contributed by atoms with Gasteiger partial charge in [-0.3, -0.25) is 4.79 Å². The van der Waals surface area contributed by atoms with Crippen molar-refractivity contribution >= 4 is 15.9 Å². The number of benzene rings is 3. The van der Waals surface area contributed by atoms with Crippen LogP contribution in [0.2, 0.25) is 0 Å². The van der Waals surface area contributed by atoms with Gasteiger partial charge in [0, 0.05) is 38.5 Å². The highest BCUT2D eigenvalue weighted by Gasteiger charge is 2.34. The van der Waals surface area contributed by atoms with Crippen LogP contribution in [-0.2, 0) is 14.8 Å². The molecule has 3 aromatic carbocycles. The smallest absolute Gasteiger partial charge is 0.249 e. The molecule has 0 bridgehead atoms. The monoisotopic (exact) mass is 470 g/mol. The van der Waals surface area contributed by atoms with Gasteiger partial charge in [0.2, 0.25) is 15.9 Å². The summed E-state index contributed by atoms with van der Waals surface area (Å²) in [5, 5.41) is 0. The molecule has 0 aliphatic carbocycles. The quantitative estimate of drug-likeness (QED) is 0.547. The van der Waals surface area contributed by atoms with Crippen molar-refractivity contribution in [2.75, 3.05) is 26.2 Å². The molecule has 4 rings (SSSR count). The molecule has 0 aromatic heterocycles. The predicted molar refractivity (Wildman–Crippen MR) is 121 cm³/mol. The zero-order chi connectivity index (χ0) is 23.4. The van der Waals surface area contributed by atoms with Gasteiger partial charge in [-0.25, -0.2) is 17.2 Å². The molecule has 1 aliphatic heterocycles. The predicted octanol–water partition coefficient (Wildman–Crippen LogP) is 4.02. The number of nitrogens with zero attached hydrogens (tertiary/aromatic N) is 2. The van der Waals surface area contributed by atoms with E-state index in [2.05, 4.69) is 0 Å². The average molecular weight is 471 g/mol. The molecule has 0 saturated carbocycles. The fraction of sp³-hybridized carbons (Fsp3) is 0.240. The molecule has 0 radical (unpaired) electrons.